The fraction of sp³-hybridized carbons (Fsp3) is 0.444. The van der Waals surface area contributed by atoms with E-state index in [0.29, 0.717) is 12.8 Å². The SMILES string of the molecule is CCC(CC)(NC(=O)OCC1c2ccccc2-c2ccccc21)C(=O)NC(C)(C(=O)O)C1CC1. The van der Waals surface area contributed by atoms with Crippen molar-refractivity contribution in [2.24, 2.45) is 5.92 Å². The van der Waals surface area contributed by atoms with Crippen LogP contribution in [0.1, 0.15) is 63.5 Å². The Labute approximate surface area is 199 Å². The van der Waals surface area contributed by atoms with Gasteiger partial charge in [0.05, 0.1) is 0 Å². The molecule has 1 atom stereocenters. The molecule has 7 nitrogen and oxygen atoms in total. The van der Waals surface area contributed by atoms with Crippen molar-refractivity contribution in [3.05, 3.63) is 59.7 Å². The summed E-state index contributed by atoms with van der Waals surface area (Å²) in [5.41, 5.74) is 1.87. The minimum absolute atomic E-state index is 0.0881. The molecular formula is C27H32N2O5. The molecule has 180 valence electrons. The maximum absolute atomic E-state index is 13.3. The zero-order valence-corrected chi connectivity index (χ0v) is 19.9. The van der Waals surface area contributed by atoms with E-state index in [2.05, 4.69) is 22.8 Å². The lowest BCUT2D eigenvalue weighted by atomic mass is 9.88. The van der Waals surface area contributed by atoms with Gasteiger partial charge in [0.25, 0.3) is 0 Å². The molecule has 2 amide bonds. The van der Waals surface area contributed by atoms with Crippen molar-refractivity contribution in [1.29, 1.82) is 0 Å². The molecule has 0 aromatic heterocycles. The molecule has 0 heterocycles. The van der Waals surface area contributed by atoms with Crippen molar-refractivity contribution in [1.82, 2.24) is 10.6 Å². The maximum atomic E-state index is 13.3. The van der Waals surface area contributed by atoms with Crippen molar-refractivity contribution in [3.8, 4) is 11.1 Å². The van der Waals surface area contributed by atoms with Crippen LogP contribution in [-0.4, -0.2) is 40.8 Å². The Hall–Kier alpha value is -3.35. The summed E-state index contributed by atoms with van der Waals surface area (Å²) < 4.78 is 5.64. The quantitative estimate of drug-likeness (QED) is 0.508. The molecule has 0 saturated heterocycles. The van der Waals surface area contributed by atoms with E-state index >= 15 is 0 Å². The van der Waals surface area contributed by atoms with Crippen molar-refractivity contribution < 1.29 is 24.2 Å². The van der Waals surface area contributed by atoms with Crippen molar-refractivity contribution in [2.75, 3.05) is 6.61 Å². The van der Waals surface area contributed by atoms with Crippen LogP contribution in [0.3, 0.4) is 0 Å². The molecule has 3 N–H and O–H groups in total. The molecule has 0 spiro atoms. The van der Waals surface area contributed by atoms with Gasteiger partial charge in [0.15, 0.2) is 0 Å². The number of fused-ring (bicyclic) bond motifs is 3. The zero-order chi connectivity index (χ0) is 24.5. The van der Waals surface area contributed by atoms with Crippen molar-refractivity contribution >= 4 is 18.0 Å². The molecule has 1 fully saturated rings. The highest BCUT2D eigenvalue weighted by Crippen LogP contribution is 2.44. The number of nitrogens with one attached hydrogen (secondary N) is 2. The number of hydrogen-bond acceptors (Lipinski definition) is 4. The van der Waals surface area contributed by atoms with Crippen LogP contribution >= 0.6 is 0 Å². The third-order valence-corrected chi connectivity index (χ3v) is 7.54. The molecule has 2 aliphatic rings. The van der Waals surface area contributed by atoms with E-state index in [1.54, 1.807) is 13.8 Å². The number of carbonyl (C=O) groups is 3. The summed E-state index contributed by atoms with van der Waals surface area (Å²) in [5.74, 6) is -1.75. The minimum atomic E-state index is -1.35. The van der Waals surface area contributed by atoms with E-state index in [4.69, 9.17) is 4.74 Å². The largest absolute Gasteiger partial charge is 0.480 e. The molecule has 7 heteroatoms. The van der Waals surface area contributed by atoms with E-state index in [1.165, 1.54) is 6.92 Å². The summed E-state index contributed by atoms with van der Waals surface area (Å²) in [6.45, 7) is 5.26. The van der Waals surface area contributed by atoms with Crippen LogP contribution in [0.15, 0.2) is 48.5 Å². The van der Waals surface area contributed by atoms with Gasteiger partial charge in [0, 0.05) is 5.92 Å². The normalized spacial score (nSPS) is 16.7. The first-order chi connectivity index (χ1) is 16.3. The lowest BCUT2D eigenvalue weighted by Crippen LogP contribution is -2.64. The zero-order valence-electron chi connectivity index (χ0n) is 19.9. The molecular weight excluding hydrogens is 432 g/mol. The van der Waals surface area contributed by atoms with Crippen LogP contribution in [0.4, 0.5) is 4.79 Å². The Balaban J connectivity index is 1.47. The number of aliphatic carboxylic acids is 1. The highest BCUT2D eigenvalue weighted by atomic mass is 16.5. The van der Waals surface area contributed by atoms with Crippen molar-refractivity contribution in [2.45, 2.75) is 63.5 Å². The van der Waals surface area contributed by atoms with E-state index in [-0.39, 0.29) is 18.4 Å². The maximum Gasteiger partial charge on any atom is 0.408 e. The van der Waals surface area contributed by atoms with Gasteiger partial charge in [-0.15, -0.1) is 0 Å². The molecule has 2 aliphatic carbocycles. The van der Waals surface area contributed by atoms with Gasteiger partial charge in [-0.2, -0.15) is 0 Å². The molecule has 2 aromatic rings. The Morgan fingerprint density at radius 3 is 1.94 bits per heavy atom. The monoisotopic (exact) mass is 464 g/mol. The van der Waals surface area contributed by atoms with Gasteiger partial charge in [-0.05, 0) is 60.8 Å². The number of carboxylic acid groups (broad SMARTS) is 1. The van der Waals surface area contributed by atoms with Gasteiger partial charge in [-0.3, -0.25) is 4.79 Å². The van der Waals surface area contributed by atoms with E-state index < -0.39 is 29.0 Å². The second-order valence-electron chi connectivity index (χ2n) is 9.48. The number of carbonyl (C=O) groups excluding carboxylic acids is 2. The fourth-order valence-electron chi connectivity index (χ4n) is 4.98. The second-order valence-corrected chi connectivity index (χ2v) is 9.48. The van der Waals surface area contributed by atoms with Crippen molar-refractivity contribution in [3.63, 3.8) is 0 Å². The van der Waals surface area contributed by atoms with Gasteiger partial charge < -0.3 is 20.5 Å². The van der Waals surface area contributed by atoms with Gasteiger partial charge >= 0.3 is 12.1 Å². The standard InChI is InChI=1S/C27H32N2O5/c1-4-27(5-2,23(30)28-26(3,24(31)32)17-14-15-17)29-25(33)34-16-22-20-12-8-6-10-18(20)19-11-7-9-13-21(19)22/h6-13,17,22H,4-5,14-16H2,1-3H3,(H,28,30)(H,29,33)(H,31,32). The summed E-state index contributed by atoms with van der Waals surface area (Å²) >= 11 is 0. The summed E-state index contributed by atoms with van der Waals surface area (Å²) in [6, 6.07) is 16.2. The topological polar surface area (TPSA) is 105 Å². The predicted molar refractivity (Wildman–Crippen MR) is 128 cm³/mol. The summed E-state index contributed by atoms with van der Waals surface area (Å²) in [7, 11) is 0. The number of amides is 2. The van der Waals surface area contributed by atoms with Crippen LogP contribution in [-0.2, 0) is 14.3 Å². The van der Waals surface area contributed by atoms with Crippen LogP contribution in [0, 0.1) is 5.92 Å². The van der Waals surface area contributed by atoms with Crippen LogP contribution < -0.4 is 10.6 Å². The molecule has 4 rings (SSSR count). The second kappa shape index (κ2) is 9.12. The summed E-state index contributed by atoms with van der Waals surface area (Å²) in [5, 5.41) is 15.2. The smallest absolute Gasteiger partial charge is 0.408 e. The van der Waals surface area contributed by atoms with Crippen LogP contribution in [0.2, 0.25) is 0 Å². The van der Waals surface area contributed by atoms with Crippen LogP contribution in [0.25, 0.3) is 11.1 Å². The van der Waals surface area contributed by atoms with Gasteiger partial charge in [0.2, 0.25) is 5.91 Å². The first-order valence-electron chi connectivity index (χ1n) is 11.9. The molecule has 1 saturated carbocycles. The number of benzene rings is 2. The summed E-state index contributed by atoms with van der Waals surface area (Å²) in [4.78, 5) is 38.0. The Morgan fingerprint density at radius 2 is 1.47 bits per heavy atom. The highest BCUT2D eigenvalue weighted by Gasteiger charge is 2.51. The number of alkyl carbamates (subject to hydrolysis) is 1. The Morgan fingerprint density at radius 1 is 0.941 bits per heavy atom. The number of hydrogen-bond donors (Lipinski definition) is 3. The van der Waals surface area contributed by atoms with Crippen LogP contribution in [0.5, 0.6) is 0 Å². The van der Waals surface area contributed by atoms with E-state index in [1.807, 2.05) is 36.4 Å². The molecule has 0 bridgehead atoms. The molecule has 0 aliphatic heterocycles. The number of carboxylic acids is 1. The number of rotatable bonds is 9. The molecule has 0 radical (unpaired) electrons. The van der Waals surface area contributed by atoms with E-state index in [9.17, 15) is 19.5 Å². The average Bonchev–Trinajstić information content (AvgIpc) is 3.65. The highest BCUT2D eigenvalue weighted by molar-refractivity contribution is 5.94. The lowest BCUT2D eigenvalue weighted by molar-refractivity contribution is -0.149. The first-order valence-corrected chi connectivity index (χ1v) is 11.9. The third-order valence-electron chi connectivity index (χ3n) is 7.54. The number of ether oxygens (including phenoxy) is 1. The third kappa shape index (κ3) is 4.15. The first kappa shape index (κ1) is 23.8. The van der Waals surface area contributed by atoms with Gasteiger partial charge in [-0.1, -0.05) is 62.4 Å². The fourth-order valence-corrected chi connectivity index (χ4v) is 4.98. The minimum Gasteiger partial charge on any atom is -0.480 e. The Bertz CT molecular complexity index is 1060. The summed E-state index contributed by atoms with van der Waals surface area (Å²) in [6.07, 6.45) is 1.44. The van der Waals surface area contributed by atoms with E-state index in [0.717, 1.165) is 35.1 Å². The lowest BCUT2D eigenvalue weighted by Gasteiger charge is -2.35. The molecule has 34 heavy (non-hydrogen) atoms. The Kier molecular flexibility index (Phi) is 6.39. The average molecular weight is 465 g/mol. The molecule has 1 unspecified atom stereocenters. The van der Waals surface area contributed by atoms with Gasteiger partial charge in [-0.25, -0.2) is 9.59 Å². The molecule has 2 aromatic carbocycles. The predicted octanol–water partition coefficient (Wildman–Crippen LogP) is 4.45. The van der Waals surface area contributed by atoms with Gasteiger partial charge in [0.1, 0.15) is 17.7 Å².